The van der Waals surface area contributed by atoms with Gasteiger partial charge in [-0.3, -0.25) is 4.98 Å². The van der Waals surface area contributed by atoms with E-state index in [9.17, 15) is 17.6 Å². The maximum absolute atomic E-state index is 13.6. The first-order valence-electron chi connectivity index (χ1n) is 7.62. The van der Waals surface area contributed by atoms with E-state index in [0.29, 0.717) is 40.9 Å². The van der Waals surface area contributed by atoms with Crippen molar-refractivity contribution < 1.29 is 17.6 Å². The summed E-state index contributed by atoms with van der Waals surface area (Å²) in [7, 11) is 0. The van der Waals surface area contributed by atoms with Crippen LogP contribution in [-0.2, 0) is 19.1 Å². The summed E-state index contributed by atoms with van der Waals surface area (Å²) in [5.41, 5.74) is 0.962. The molecule has 1 aliphatic rings. The largest absolute Gasteiger partial charge is 0.417 e. The van der Waals surface area contributed by atoms with E-state index in [1.165, 1.54) is 18.5 Å². The van der Waals surface area contributed by atoms with E-state index in [4.69, 9.17) is 0 Å². The molecule has 1 aromatic carbocycles. The Balaban J connectivity index is 1.74. The van der Waals surface area contributed by atoms with Gasteiger partial charge in [0.2, 0.25) is 0 Å². The topological polar surface area (TPSA) is 41.9 Å². The fraction of sp³-hybridized carbons (Fsp3) is 0.235. The van der Waals surface area contributed by atoms with Gasteiger partial charge in [0.05, 0.1) is 11.1 Å². The highest BCUT2D eigenvalue weighted by Crippen LogP contribution is 2.33. The first-order valence-corrected chi connectivity index (χ1v) is 7.62. The standard InChI is InChI=1S/C17H12F4N4/c18-12-1-2-15-13(6-12)16(24-9-23-15)25-4-3-14-10(8-25)5-11(7-22-14)17(19,20)21/h1-2,5-7,9H,3-4,8H2. The van der Waals surface area contributed by atoms with Crippen molar-refractivity contribution in [3.8, 4) is 0 Å². The molecule has 4 nitrogen and oxygen atoms in total. The van der Waals surface area contributed by atoms with Crippen molar-refractivity contribution in [1.82, 2.24) is 15.0 Å². The SMILES string of the molecule is Fc1ccc2ncnc(N3CCc4ncc(C(F)(F)F)cc4C3)c2c1. The van der Waals surface area contributed by atoms with Crippen LogP contribution >= 0.6 is 0 Å². The lowest BCUT2D eigenvalue weighted by Gasteiger charge is -2.30. The maximum Gasteiger partial charge on any atom is 0.417 e. The number of hydrogen-bond acceptors (Lipinski definition) is 4. The minimum absolute atomic E-state index is 0.231. The fourth-order valence-corrected chi connectivity index (χ4v) is 3.03. The van der Waals surface area contributed by atoms with E-state index >= 15 is 0 Å². The van der Waals surface area contributed by atoms with E-state index in [2.05, 4.69) is 15.0 Å². The summed E-state index contributed by atoms with van der Waals surface area (Å²) in [6.45, 7) is 0.767. The van der Waals surface area contributed by atoms with Crippen LogP contribution in [0.4, 0.5) is 23.4 Å². The molecule has 4 rings (SSSR count). The molecule has 0 unspecified atom stereocenters. The van der Waals surface area contributed by atoms with Crippen molar-refractivity contribution in [2.24, 2.45) is 0 Å². The Morgan fingerprint density at radius 3 is 2.68 bits per heavy atom. The normalized spacial score (nSPS) is 14.6. The van der Waals surface area contributed by atoms with Gasteiger partial charge >= 0.3 is 6.18 Å². The quantitative estimate of drug-likeness (QED) is 0.628. The highest BCUT2D eigenvalue weighted by Gasteiger charge is 2.32. The number of fused-ring (bicyclic) bond motifs is 2. The summed E-state index contributed by atoms with van der Waals surface area (Å²) in [6, 6.07) is 5.32. The van der Waals surface area contributed by atoms with Gasteiger partial charge in [-0.25, -0.2) is 14.4 Å². The molecule has 0 saturated carbocycles. The molecular weight excluding hydrogens is 336 g/mol. The molecule has 0 aliphatic carbocycles. The number of hydrogen-bond donors (Lipinski definition) is 0. The monoisotopic (exact) mass is 348 g/mol. The van der Waals surface area contributed by atoms with E-state index < -0.39 is 17.6 Å². The highest BCUT2D eigenvalue weighted by atomic mass is 19.4. The van der Waals surface area contributed by atoms with Crippen molar-refractivity contribution in [3.05, 3.63) is 59.4 Å². The van der Waals surface area contributed by atoms with Crippen LogP contribution in [0.3, 0.4) is 0 Å². The average molecular weight is 348 g/mol. The number of halogens is 4. The second kappa shape index (κ2) is 5.65. The third-order valence-electron chi connectivity index (χ3n) is 4.24. The van der Waals surface area contributed by atoms with Crippen LogP contribution in [0.5, 0.6) is 0 Å². The molecule has 0 amide bonds. The van der Waals surface area contributed by atoms with Crippen LogP contribution in [0.25, 0.3) is 10.9 Å². The summed E-state index contributed by atoms with van der Waals surface area (Å²) in [4.78, 5) is 14.1. The van der Waals surface area contributed by atoms with Gasteiger partial charge in [-0.1, -0.05) is 0 Å². The maximum atomic E-state index is 13.6. The molecule has 128 valence electrons. The van der Waals surface area contributed by atoms with Crippen molar-refractivity contribution >= 4 is 16.7 Å². The minimum atomic E-state index is -4.44. The summed E-state index contributed by atoms with van der Waals surface area (Å²) in [5.74, 6) is 0.0922. The van der Waals surface area contributed by atoms with Crippen molar-refractivity contribution in [3.63, 3.8) is 0 Å². The molecule has 1 aliphatic heterocycles. The Labute approximate surface area is 140 Å². The van der Waals surface area contributed by atoms with E-state index in [-0.39, 0.29) is 6.54 Å². The number of aromatic nitrogens is 3. The Kier molecular flexibility index (Phi) is 3.55. The van der Waals surface area contributed by atoms with Crippen molar-refractivity contribution in [2.75, 3.05) is 11.4 Å². The van der Waals surface area contributed by atoms with E-state index in [1.807, 2.05) is 4.90 Å². The molecule has 8 heteroatoms. The smallest absolute Gasteiger partial charge is 0.351 e. The third kappa shape index (κ3) is 2.88. The van der Waals surface area contributed by atoms with Crippen LogP contribution in [0.2, 0.25) is 0 Å². The zero-order chi connectivity index (χ0) is 17.6. The molecule has 0 radical (unpaired) electrons. The molecule has 0 saturated heterocycles. The van der Waals surface area contributed by atoms with Crippen molar-refractivity contribution in [1.29, 1.82) is 0 Å². The van der Waals surface area contributed by atoms with Crippen LogP contribution in [0, 0.1) is 5.82 Å². The average Bonchev–Trinajstić information content (AvgIpc) is 2.59. The van der Waals surface area contributed by atoms with E-state index in [0.717, 1.165) is 12.3 Å². The Bertz CT molecular complexity index is 955. The molecular formula is C17H12F4N4. The summed E-state index contributed by atoms with van der Waals surface area (Å²) in [5, 5.41) is 0.533. The molecule has 0 atom stereocenters. The van der Waals surface area contributed by atoms with Crippen LogP contribution < -0.4 is 4.90 Å². The van der Waals surface area contributed by atoms with Gasteiger partial charge in [-0.15, -0.1) is 0 Å². The fourth-order valence-electron chi connectivity index (χ4n) is 3.03. The van der Waals surface area contributed by atoms with Crippen LogP contribution in [-0.4, -0.2) is 21.5 Å². The summed E-state index contributed by atoms with van der Waals surface area (Å²) >= 11 is 0. The predicted octanol–water partition coefficient (Wildman–Crippen LogP) is 3.75. The number of anilines is 1. The van der Waals surface area contributed by atoms with Crippen molar-refractivity contribution in [2.45, 2.75) is 19.1 Å². The number of rotatable bonds is 1. The third-order valence-corrected chi connectivity index (χ3v) is 4.24. The lowest BCUT2D eigenvalue weighted by atomic mass is 10.0. The first kappa shape index (κ1) is 15.7. The van der Waals surface area contributed by atoms with Crippen LogP contribution in [0.1, 0.15) is 16.8 Å². The van der Waals surface area contributed by atoms with Gasteiger partial charge in [-0.05, 0) is 29.8 Å². The number of pyridine rings is 1. The number of benzene rings is 1. The highest BCUT2D eigenvalue weighted by molar-refractivity contribution is 5.89. The molecule has 3 heterocycles. The summed E-state index contributed by atoms with van der Waals surface area (Å²) < 4.78 is 52.3. The molecule has 25 heavy (non-hydrogen) atoms. The van der Waals surface area contributed by atoms with Gasteiger partial charge in [0.25, 0.3) is 0 Å². The van der Waals surface area contributed by atoms with Gasteiger partial charge < -0.3 is 4.90 Å². The zero-order valence-electron chi connectivity index (χ0n) is 12.9. The number of alkyl halides is 3. The molecule has 3 aromatic rings. The second-order valence-corrected chi connectivity index (χ2v) is 5.86. The van der Waals surface area contributed by atoms with Gasteiger partial charge in [0.1, 0.15) is 18.0 Å². The summed E-state index contributed by atoms with van der Waals surface area (Å²) in [6.07, 6.45) is -1.71. The minimum Gasteiger partial charge on any atom is -0.351 e. The Morgan fingerprint density at radius 2 is 1.88 bits per heavy atom. The van der Waals surface area contributed by atoms with Gasteiger partial charge in [-0.2, -0.15) is 13.2 Å². The molecule has 2 aromatic heterocycles. The lowest BCUT2D eigenvalue weighted by Crippen LogP contribution is -2.32. The predicted molar refractivity (Wildman–Crippen MR) is 83.5 cm³/mol. The Morgan fingerprint density at radius 1 is 1.04 bits per heavy atom. The molecule has 0 bridgehead atoms. The van der Waals surface area contributed by atoms with Gasteiger partial charge in [0.15, 0.2) is 0 Å². The first-order chi connectivity index (χ1) is 11.9. The van der Waals surface area contributed by atoms with Crippen LogP contribution in [0.15, 0.2) is 36.8 Å². The number of nitrogens with zero attached hydrogens (tertiary/aromatic N) is 4. The molecule has 0 N–H and O–H groups in total. The zero-order valence-corrected chi connectivity index (χ0v) is 12.9. The Hall–Kier alpha value is -2.77. The molecule has 0 spiro atoms. The van der Waals surface area contributed by atoms with Gasteiger partial charge in [0, 0.05) is 36.8 Å². The lowest BCUT2D eigenvalue weighted by molar-refractivity contribution is -0.137. The second-order valence-electron chi connectivity index (χ2n) is 5.86. The van der Waals surface area contributed by atoms with E-state index in [1.54, 1.807) is 6.07 Å². The molecule has 0 fully saturated rings.